The van der Waals surface area contributed by atoms with Crippen molar-refractivity contribution in [1.29, 1.82) is 0 Å². The van der Waals surface area contributed by atoms with Gasteiger partial charge in [0.25, 0.3) is 0 Å². The molecule has 0 fully saturated rings. The van der Waals surface area contributed by atoms with Gasteiger partial charge in [-0.05, 0) is 12.1 Å². The van der Waals surface area contributed by atoms with Crippen molar-refractivity contribution in [3.63, 3.8) is 0 Å². The molecule has 6 heteroatoms. The summed E-state index contributed by atoms with van der Waals surface area (Å²) in [6.45, 7) is 0. The molecule has 0 atom stereocenters. The van der Waals surface area contributed by atoms with Gasteiger partial charge in [-0.15, -0.1) is 0 Å². The molecule has 0 unspecified atom stereocenters. The molecular formula is C9H6N4O2. The summed E-state index contributed by atoms with van der Waals surface area (Å²) < 4.78 is 0. The number of imidazole rings is 1. The zero-order valence-electron chi connectivity index (χ0n) is 7.50. The smallest absolute Gasteiger partial charge is 0.314 e. The van der Waals surface area contributed by atoms with E-state index in [1.165, 1.54) is 6.33 Å². The minimum atomic E-state index is -0.669. The number of aromatic nitrogens is 4. The number of hydrogen-bond acceptors (Lipinski definition) is 3. The lowest BCUT2D eigenvalue weighted by atomic mass is 10.2. The minimum absolute atomic E-state index is 0.540. The van der Waals surface area contributed by atoms with E-state index in [-0.39, 0.29) is 0 Å². The highest BCUT2D eigenvalue weighted by molar-refractivity contribution is 5.99. The van der Waals surface area contributed by atoms with Gasteiger partial charge in [0.05, 0.1) is 22.9 Å². The van der Waals surface area contributed by atoms with Crippen LogP contribution in [0.3, 0.4) is 0 Å². The van der Waals surface area contributed by atoms with Gasteiger partial charge < -0.3 is 15.0 Å². The molecule has 0 saturated heterocycles. The number of fused-ring (bicyclic) bond motifs is 3. The van der Waals surface area contributed by atoms with Gasteiger partial charge in [-0.2, -0.15) is 0 Å². The maximum atomic E-state index is 11.2. The predicted octanol–water partition coefficient (Wildman–Crippen LogP) is 0.0927. The normalized spacial score (nSPS) is 11.2. The second-order valence-electron chi connectivity index (χ2n) is 3.20. The lowest BCUT2D eigenvalue weighted by Crippen LogP contribution is -2.28. The minimum Gasteiger partial charge on any atom is -0.345 e. The first-order valence-corrected chi connectivity index (χ1v) is 4.34. The highest BCUT2D eigenvalue weighted by Gasteiger charge is 2.05. The predicted molar refractivity (Wildman–Crippen MR) is 54.8 cm³/mol. The fraction of sp³-hybridized carbons (Fsp3) is 0. The zero-order chi connectivity index (χ0) is 10.4. The summed E-state index contributed by atoms with van der Waals surface area (Å²) in [5, 5.41) is 0. The van der Waals surface area contributed by atoms with E-state index in [1.54, 1.807) is 12.1 Å². The maximum Gasteiger partial charge on any atom is 0.314 e. The van der Waals surface area contributed by atoms with Crippen molar-refractivity contribution >= 4 is 22.1 Å². The van der Waals surface area contributed by atoms with Crippen molar-refractivity contribution in [3.05, 3.63) is 39.2 Å². The van der Waals surface area contributed by atoms with Gasteiger partial charge in [-0.25, -0.2) is 4.98 Å². The average Bonchev–Trinajstić information content (AvgIpc) is 2.68. The molecule has 0 bridgehead atoms. The van der Waals surface area contributed by atoms with Crippen LogP contribution >= 0.6 is 0 Å². The number of hydrogen-bond donors (Lipinski definition) is 3. The Balaban J connectivity index is 2.68. The lowest BCUT2D eigenvalue weighted by molar-refractivity contribution is 1.15. The third-order valence-electron chi connectivity index (χ3n) is 2.28. The summed E-state index contributed by atoms with van der Waals surface area (Å²) in [4.78, 5) is 34.2. The van der Waals surface area contributed by atoms with Crippen molar-refractivity contribution < 1.29 is 0 Å². The van der Waals surface area contributed by atoms with E-state index in [0.29, 0.717) is 16.6 Å². The van der Waals surface area contributed by atoms with Crippen LogP contribution in [-0.2, 0) is 0 Å². The lowest BCUT2D eigenvalue weighted by Gasteiger charge is -1.96. The zero-order valence-corrected chi connectivity index (χ0v) is 7.50. The molecule has 0 saturated carbocycles. The molecule has 0 aliphatic rings. The van der Waals surface area contributed by atoms with Crippen LogP contribution < -0.4 is 11.1 Å². The van der Waals surface area contributed by atoms with Gasteiger partial charge in [0.15, 0.2) is 0 Å². The summed E-state index contributed by atoms with van der Waals surface area (Å²) in [6.07, 6.45) is 1.54. The van der Waals surface area contributed by atoms with Gasteiger partial charge in [0.1, 0.15) is 5.52 Å². The Morgan fingerprint density at radius 3 is 2.60 bits per heavy atom. The summed E-state index contributed by atoms with van der Waals surface area (Å²) in [6, 6.07) is 3.51. The Morgan fingerprint density at radius 2 is 1.73 bits per heavy atom. The van der Waals surface area contributed by atoms with E-state index in [4.69, 9.17) is 0 Å². The van der Waals surface area contributed by atoms with Crippen LogP contribution in [0.15, 0.2) is 28.0 Å². The fourth-order valence-electron chi connectivity index (χ4n) is 1.59. The van der Waals surface area contributed by atoms with Crippen LogP contribution in [-0.4, -0.2) is 19.9 Å². The Kier molecular flexibility index (Phi) is 1.37. The van der Waals surface area contributed by atoms with E-state index in [9.17, 15) is 9.59 Å². The highest BCUT2D eigenvalue weighted by Crippen LogP contribution is 2.16. The molecule has 0 amide bonds. The fourth-order valence-corrected chi connectivity index (χ4v) is 1.59. The standard InChI is InChI=1S/C9H6N4O2/c14-8-9(15)13-7-5(12-8)2-1-4-6(7)11-3-10-4/h1-3H,(H,10,11)(H,12,14)(H,13,15). The van der Waals surface area contributed by atoms with Crippen LogP contribution in [0.5, 0.6) is 0 Å². The first kappa shape index (κ1) is 7.98. The quantitative estimate of drug-likeness (QED) is 0.451. The topological polar surface area (TPSA) is 94.4 Å². The monoisotopic (exact) mass is 202 g/mol. The third-order valence-corrected chi connectivity index (χ3v) is 2.28. The van der Waals surface area contributed by atoms with Crippen molar-refractivity contribution in [1.82, 2.24) is 19.9 Å². The Bertz CT molecular complexity index is 765. The molecule has 2 aromatic heterocycles. The summed E-state index contributed by atoms with van der Waals surface area (Å²) in [5.41, 5.74) is 1.24. The third kappa shape index (κ3) is 1.01. The number of nitrogens with zero attached hydrogens (tertiary/aromatic N) is 1. The molecule has 0 radical (unpaired) electrons. The van der Waals surface area contributed by atoms with E-state index < -0.39 is 11.1 Å². The van der Waals surface area contributed by atoms with Gasteiger partial charge in [-0.1, -0.05) is 0 Å². The molecule has 15 heavy (non-hydrogen) atoms. The molecular weight excluding hydrogens is 196 g/mol. The Morgan fingerprint density at radius 1 is 1.00 bits per heavy atom. The summed E-state index contributed by atoms with van der Waals surface area (Å²) in [7, 11) is 0. The number of nitrogens with one attached hydrogen (secondary N) is 3. The summed E-state index contributed by atoms with van der Waals surface area (Å²) in [5.74, 6) is 0. The molecule has 0 aliphatic carbocycles. The van der Waals surface area contributed by atoms with Crippen LogP contribution in [0.2, 0.25) is 0 Å². The van der Waals surface area contributed by atoms with Crippen LogP contribution in [0.1, 0.15) is 0 Å². The van der Waals surface area contributed by atoms with Crippen molar-refractivity contribution in [3.8, 4) is 0 Å². The van der Waals surface area contributed by atoms with Crippen molar-refractivity contribution in [2.45, 2.75) is 0 Å². The first-order chi connectivity index (χ1) is 7.25. The second-order valence-corrected chi connectivity index (χ2v) is 3.20. The van der Waals surface area contributed by atoms with Crippen molar-refractivity contribution in [2.75, 3.05) is 0 Å². The van der Waals surface area contributed by atoms with Crippen LogP contribution in [0.4, 0.5) is 0 Å². The molecule has 6 nitrogen and oxygen atoms in total. The van der Waals surface area contributed by atoms with E-state index in [0.717, 1.165) is 5.52 Å². The molecule has 3 aromatic rings. The molecule has 3 N–H and O–H groups in total. The van der Waals surface area contributed by atoms with Gasteiger partial charge in [-0.3, -0.25) is 9.59 Å². The molecule has 1 aromatic carbocycles. The number of H-pyrrole nitrogens is 3. The second kappa shape index (κ2) is 2.57. The molecule has 0 aliphatic heterocycles. The molecule has 3 rings (SSSR count). The maximum absolute atomic E-state index is 11.2. The van der Waals surface area contributed by atoms with Crippen molar-refractivity contribution in [2.24, 2.45) is 0 Å². The number of rotatable bonds is 0. The largest absolute Gasteiger partial charge is 0.345 e. The highest BCUT2D eigenvalue weighted by atomic mass is 16.2. The van der Waals surface area contributed by atoms with Gasteiger partial charge in [0, 0.05) is 0 Å². The Hall–Kier alpha value is -2.37. The van der Waals surface area contributed by atoms with Gasteiger partial charge >= 0.3 is 11.1 Å². The molecule has 74 valence electrons. The number of benzene rings is 1. The van der Waals surface area contributed by atoms with Crippen LogP contribution in [0.25, 0.3) is 22.1 Å². The van der Waals surface area contributed by atoms with E-state index in [1.807, 2.05) is 0 Å². The SMILES string of the molecule is O=c1[nH]c2ccc3[nH]cnc3c2[nH]c1=O. The summed E-state index contributed by atoms with van der Waals surface area (Å²) >= 11 is 0. The van der Waals surface area contributed by atoms with Gasteiger partial charge in [0.2, 0.25) is 0 Å². The van der Waals surface area contributed by atoms with E-state index in [2.05, 4.69) is 19.9 Å². The van der Waals surface area contributed by atoms with Crippen LogP contribution in [0, 0.1) is 0 Å². The molecule has 0 spiro atoms. The average molecular weight is 202 g/mol. The molecule has 2 heterocycles. The number of aromatic amines is 3. The van der Waals surface area contributed by atoms with E-state index >= 15 is 0 Å². The Labute approximate surface area is 82.0 Å². The first-order valence-electron chi connectivity index (χ1n) is 4.34.